The topological polar surface area (TPSA) is 86.1 Å². The van der Waals surface area contributed by atoms with Crippen molar-refractivity contribution in [2.75, 3.05) is 18.0 Å². The number of hydrogen-bond acceptors (Lipinski definition) is 6. The number of piperidine rings is 1. The summed E-state index contributed by atoms with van der Waals surface area (Å²) in [7, 11) is 0. The SMILES string of the molecule is O=c1ccc(-n2cccn2)nn1CC1CCN(c2nccn3nccc23)CC1. The van der Waals surface area contributed by atoms with Crippen LogP contribution in [0.25, 0.3) is 11.3 Å². The van der Waals surface area contributed by atoms with Gasteiger partial charge in [0.15, 0.2) is 11.6 Å². The van der Waals surface area contributed by atoms with Crippen LogP contribution in [0.3, 0.4) is 0 Å². The molecule has 0 saturated carbocycles. The van der Waals surface area contributed by atoms with Crippen molar-refractivity contribution in [1.82, 2.24) is 34.2 Å². The monoisotopic (exact) mass is 376 g/mol. The maximum atomic E-state index is 12.3. The van der Waals surface area contributed by atoms with Crippen molar-refractivity contribution in [3.05, 3.63) is 65.6 Å². The fraction of sp³-hybridized carbons (Fsp3) is 0.316. The largest absolute Gasteiger partial charge is 0.355 e. The number of anilines is 1. The van der Waals surface area contributed by atoms with Crippen molar-refractivity contribution in [2.24, 2.45) is 5.92 Å². The number of fused-ring (bicyclic) bond motifs is 1. The molecule has 1 saturated heterocycles. The maximum absolute atomic E-state index is 12.3. The lowest BCUT2D eigenvalue weighted by Gasteiger charge is -2.33. The summed E-state index contributed by atoms with van der Waals surface area (Å²) in [5.74, 6) is 2.02. The molecule has 9 nitrogen and oxygen atoms in total. The highest BCUT2D eigenvalue weighted by molar-refractivity contribution is 5.68. The smallest absolute Gasteiger partial charge is 0.266 e. The summed E-state index contributed by atoms with van der Waals surface area (Å²) in [4.78, 5) is 19.1. The average Bonchev–Trinajstić information content (AvgIpc) is 3.42. The molecule has 0 N–H and O–H groups in total. The van der Waals surface area contributed by atoms with Gasteiger partial charge < -0.3 is 4.90 Å². The van der Waals surface area contributed by atoms with Crippen LogP contribution in [0, 0.1) is 5.92 Å². The number of nitrogens with zero attached hydrogens (tertiary/aromatic N) is 8. The molecule has 0 spiro atoms. The van der Waals surface area contributed by atoms with Crippen LogP contribution < -0.4 is 10.5 Å². The van der Waals surface area contributed by atoms with Crippen LogP contribution in [0.1, 0.15) is 12.8 Å². The lowest BCUT2D eigenvalue weighted by atomic mass is 9.97. The van der Waals surface area contributed by atoms with Crippen LogP contribution in [0.5, 0.6) is 0 Å². The Bertz CT molecular complexity index is 1140. The van der Waals surface area contributed by atoms with E-state index in [-0.39, 0.29) is 5.56 Å². The predicted molar refractivity (Wildman–Crippen MR) is 104 cm³/mol. The second-order valence-corrected chi connectivity index (χ2v) is 7.00. The summed E-state index contributed by atoms with van der Waals surface area (Å²) >= 11 is 0. The molecule has 5 rings (SSSR count). The zero-order chi connectivity index (χ0) is 18.9. The van der Waals surface area contributed by atoms with Crippen LogP contribution in [0.4, 0.5) is 5.82 Å². The van der Waals surface area contributed by atoms with Crippen molar-refractivity contribution in [3.8, 4) is 5.82 Å². The molecule has 1 aliphatic heterocycles. The van der Waals surface area contributed by atoms with E-state index in [0.29, 0.717) is 18.3 Å². The van der Waals surface area contributed by atoms with Crippen LogP contribution in [0.2, 0.25) is 0 Å². The molecule has 9 heteroatoms. The summed E-state index contributed by atoms with van der Waals surface area (Å²) in [6.45, 7) is 2.42. The third-order valence-corrected chi connectivity index (χ3v) is 5.24. The molecule has 0 unspecified atom stereocenters. The molecule has 4 aromatic heterocycles. The Balaban J connectivity index is 1.30. The van der Waals surface area contributed by atoms with E-state index in [1.807, 2.05) is 29.0 Å². The zero-order valence-corrected chi connectivity index (χ0v) is 15.3. The number of rotatable bonds is 4. The minimum Gasteiger partial charge on any atom is -0.355 e. The molecule has 1 fully saturated rings. The lowest BCUT2D eigenvalue weighted by molar-refractivity contribution is 0.334. The summed E-state index contributed by atoms with van der Waals surface area (Å²) in [5.41, 5.74) is 0.940. The van der Waals surface area contributed by atoms with Gasteiger partial charge in [-0.15, -0.1) is 5.10 Å². The molecule has 0 atom stereocenters. The van der Waals surface area contributed by atoms with E-state index in [2.05, 4.69) is 25.2 Å². The molecular formula is C19H20N8O. The molecule has 0 radical (unpaired) electrons. The van der Waals surface area contributed by atoms with Crippen molar-refractivity contribution in [2.45, 2.75) is 19.4 Å². The maximum Gasteiger partial charge on any atom is 0.266 e. The first-order chi connectivity index (χ1) is 13.8. The van der Waals surface area contributed by atoms with Crippen molar-refractivity contribution < 1.29 is 0 Å². The second-order valence-electron chi connectivity index (χ2n) is 7.00. The molecular weight excluding hydrogens is 356 g/mol. The Morgan fingerprint density at radius 2 is 1.89 bits per heavy atom. The van der Waals surface area contributed by atoms with Gasteiger partial charge in [-0.05, 0) is 37.0 Å². The van der Waals surface area contributed by atoms with E-state index in [0.717, 1.165) is 37.3 Å². The Morgan fingerprint density at radius 3 is 2.71 bits per heavy atom. The average molecular weight is 376 g/mol. The van der Waals surface area contributed by atoms with Gasteiger partial charge in [-0.3, -0.25) is 4.79 Å². The van der Waals surface area contributed by atoms with Crippen molar-refractivity contribution in [3.63, 3.8) is 0 Å². The zero-order valence-electron chi connectivity index (χ0n) is 15.3. The molecule has 0 aliphatic carbocycles. The fourth-order valence-corrected chi connectivity index (χ4v) is 3.75. The molecule has 0 amide bonds. The molecule has 28 heavy (non-hydrogen) atoms. The standard InChI is InChI=1S/C19H20N8O/c28-18-3-2-17(26-10-1-7-21-26)23-27(18)14-15-5-11-24(12-6-15)19-16-4-8-22-25(16)13-9-20-19/h1-4,7-10,13,15H,5-6,11-12,14H2. The third kappa shape index (κ3) is 3.04. The molecule has 0 bridgehead atoms. The highest BCUT2D eigenvalue weighted by atomic mass is 16.1. The van der Waals surface area contributed by atoms with Crippen LogP contribution >= 0.6 is 0 Å². The summed E-state index contributed by atoms with van der Waals surface area (Å²) in [6.07, 6.45) is 10.9. The minimum atomic E-state index is -0.0796. The Hall–Kier alpha value is -3.49. The number of aromatic nitrogens is 7. The molecule has 1 aliphatic rings. The summed E-state index contributed by atoms with van der Waals surface area (Å²) < 4.78 is 5.07. The Morgan fingerprint density at radius 1 is 1.00 bits per heavy atom. The summed E-state index contributed by atoms with van der Waals surface area (Å²) in [5, 5.41) is 13.0. The third-order valence-electron chi connectivity index (χ3n) is 5.24. The van der Waals surface area contributed by atoms with Gasteiger partial charge in [0, 0.05) is 50.5 Å². The van der Waals surface area contributed by atoms with E-state index in [9.17, 15) is 4.79 Å². The van der Waals surface area contributed by atoms with Gasteiger partial charge >= 0.3 is 0 Å². The fourth-order valence-electron chi connectivity index (χ4n) is 3.75. The van der Waals surface area contributed by atoms with Gasteiger partial charge in [-0.2, -0.15) is 10.2 Å². The quantitative estimate of drug-likeness (QED) is 0.535. The van der Waals surface area contributed by atoms with Crippen LogP contribution in [-0.2, 0) is 6.54 Å². The van der Waals surface area contributed by atoms with Gasteiger partial charge in [0.1, 0.15) is 5.52 Å². The highest BCUT2D eigenvalue weighted by Crippen LogP contribution is 2.25. The summed E-state index contributed by atoms with van der Waals surface area (Å²) in [6, 6.07) is 7.08. The van der Waals surface area contributed by atoms with Gasteiger partial charge in [-0.25, -0.2) is 18.9 Å². The Kier molecular flexibility index (Phi) is 4.12. The first-order valence-electron chi connectivity index (χ1n) is 9.39. The second kappa shape index (κ2) is 6.91. The minimum absolute atomic E-state index is 0.0796. The molecule has 142 valence electrons. The van der Waals surface area contributed by atoms with Gasteiger partial charge in [0.25, 0.3) is 5.56 Å². The van der Waals surface area contributed by atoms with E-state index in [4.69, 9.17) is 0 Å². The van der Waals surface area contributed by atoms with E-state index in [1.165, 1.54) is 0 Å². The van der Waals surface area contributed by atoms with Crippen molar-refractivity contribution >= 4 is 11.3 Å². The van der Waals surface area contributed by atoms with Crippen molar-refractivity contribution in [1.29, 1.82) is 0 Å². The van der Waals surface area contributed by atoms with Crippen LogP contribution in [-0.4, -0.2) is 47.2 Å². The lowest BCUT2D eigenvalue weighted by Crippen LogP contribution is -2.37. The van der Waals surface area contributed by atoms with Crippen LogP contribution in [0.15, 0.2) is 60.0 Å². The molecule has 0 aromatic carbocycles. The van der Waals surface area contributed by atoms with Gasteiger partial charge in [0.2, 0.25) is 0 Å². The normalized spacial score (nSPS) is 15.4. The molecule has 5 heterocycles. The first kappa shape index (κ1) is 16.7. The van der Waals surface area contributed by atoms with E-state index >= 15 is 0 Å². The highest BCUT2D eigenvalue weighted by Gasteiger charge is 2.23. The van der Waals surface area contributed by atoms with Gasteiger partial charge in [0.05, 0.1) is 6.20 Å². The predicted octanol–water partition coefficient (Wildman–Crippen LogP) is 1.39. The first-order valence-corrected chi connectivity index (χ1v) is 9.39. The van der Waals surface area contributed by atoms with Gasteiger partial charge in [-0.1, -0.05) is 0 Å². The van der Waals surface area contributed by atoms with E-state index in [1.54, 1.807) is 40.1 Å². The number of hydrogen-bond donors (Lipinski definition) is 0. The van der Waals surface area contributed by atoms with E-state index < -0.39 is 0 Å². The molecule has 4 aromatic rings. The Labute approximate surface area is 160 Å².